The third kappa shape index (κ3) is 3.21. The third-order valence-electron chi connectivity index (χ3n) is 2.71. The molecule has 1 heterocycles. The van der Waals surface area contributed by atoms with Gasteiger partial charge in [0.05, 0.1) is 11.2 Å². The van der Waals surface area contributed by atoms with E-state index in [2.05, 4.69) is 15.6 Å². The highest BCUT2D eigenvalue weighted by Crippen LogP contribution is 2.16. The topological polar surface area (TPSA) is 71.1 Å². The first kappa shape index (κ1) is 14.2. The lowest BCUT2D eigenvalue weighted by Crippen LogP contribution is -2.17. The van der Waals surface area contributed by atoms with Gasteiger partial charge in [-0.3, -0.25) is 9.59 Å². The molecular weight excluding hydrogens is 274 g/mol. The summed E-state index contributed by atoms with van der Waals surface area (Å²) in [6, 6.07) is 6.73. The van der Waals surface area contributed by atoms with Gasteiger partial charge < -0.3 is 10.6 Å². The van der Waals surface area contributed by atoms with E-state index in [4.69, 9.17) is 0 Å². The Hall–Kier alpha value is -2.21. The van der Waals surface area contributed by atoms with Gasteiger partial charge in [-0.15, -0.1) is 11.3 Å². The van der Waals surface area contributed by atoms with E-state index in [-0.39, 0.29) is 11.8 Å². The number of nitrogens with one attached hydrogen (secondary N) is 2. The molecule has 2 aromatic rings. The summed E-state index contributed by atoms with van der Waals surface area (Å²) in [6.45, 7) is 2.00. The van der Waals surface area contributed by atoms with E-state index in [1.165, 1.54) is 11.3 Å². The monoisotopic (exact) mass is 289 g/mol. The summed E-state index contributed by atoms with van der Waals surface area (Å²) in [5.74, 6) is -0.340. The number of aromatic nitrogens is 1. The highest BCUT2D eigenvalue weighted by Gasteiger charge is 2.10. The number of carbonyl (C=O) groups is 2. The van der Waals surface area contributed by atoms with Gasteiger partial charge in [0.15, 0.2) is 0 Å². The molecule has 5 nitrogen and oxygen atoms in total. The lowest BCUT2D eigenvalue weighted by atomic mass is 10.2. The van der Waals surface area contributed by atoms with E-state index in [0.717, 1.165) is 11.4 Å². The Morgan fingerprint density at radius 2 is 1.90 bits per heavy atom. The molecule has 2 N–H and O–H groups in total. The standard InChI is InChI=1S/C14H15N3O2S/c1-3-12-16-8-11(20-12)14(19)17-10-6-4-9(5-7-10)13(18)15-2/h4-8H,3H2,1-2H3,(H,15,18)(H,17,19). The fraction of sp³-hybridized carbons (Fsp3) is 0.214. The minimum Gasteiger partial charge on any atom is -0.355 e. The number of amides is 2. The second-order valence-electron chi connectivity index (χ2n) is 4.08. The number of hydrogen-bond donors (Lipinski definition) is 2. The highest BCUT2D eigenvalue weighted by atomic mass is 32.1. The molecule has 0 saturated carbocycles. The van der Waals surface area contributed by atoms with Crippen LogP contribution in [0.2, 0.25) is 0 Å². The van der Waals surface area contributed by atoms with E-state index in [1.807, 2.05) is 6.92 Å². The molecule has 0 atom stereocenters. The van der Waals surface area contributed by atoms with Crippen molar-refractivity contribution in [3.05, 3.63) is 45.9 Å². The maximum atomic E-state index is 12.0. The van der Waals surface area contributed by atoms with Crippen LogP contribution in [0.4, 0.5) is 5.69 Å². The maximum absolute atomic E-state index is 12.0. The van der Waals surface area contributed by atoms with Crippen molar-refractivity contribution in [3.8, 4) is 0 Å². The van der Waals surface area contributed by atoms with Crippen molar-refractivity contribution in [2.24, 2.45) is 0 Å². The van der Waals surface area contributed by atoms with E-state index in [0.29, 0.717) is 16.1 Å². The molecule has 0 saturated heterocycles. The number of anilines is 1. The normalized spacial score (nSPS) is 10.1. The van der Waals surface area contributed by atoms with Gasteiger partial charge in [-0.25, -0.2) is 4.98 Å². The van der Waals surface area contributed by atoms with Gasteiger partial charge in [0, 0.05) is 18.3 Å². The van der Waals surface area contributed by atoms with Crippen molar-refractivity contribution in [2.75, 3.05) is 12.4 Å². The van der Waals surface area contributed by atoms with Gasteiger partial charge in [0.25, 0.3) is 11.8 Å². The molecule has 0 spiro atoms. The number of rotatable bonds is 4. The summed E-state index contributed by atoms with van der Waals surface area (Å²) in [7, 11) is 1.58. The van der Waals surface area contributed by atoms with Crippen LogP contribution in [0.25, 0.3) is 0 Å². The third-order valence-corrected chi connectivity index (χ3v) is 3.85. The van der Waals surface area contributed by atoms with Crippen LogP contribution in [-0.2, 0) is 6.42 Å². The van der Waals surface area contributed by atoms with Crippen molar-refractivity contribution in [3.63, 3.8) is 0 Å². The average Bonchev–Trinajstić information content (AvgIpc) is 2.96. The molecule has 6 heteroatoms. The predicted octanol–water partition coefficient (Wildman–Crippen LogP) is 2.32. The SMILES string of the molecule is CCc1ncc(C(=O)Nc2ccc(C(=O)NC)cc2)s1. The molecule has 0 bridgehead atoms. The molecule has 0 fully saturated rings. The molecule has 2 amide bonds. The van der Waals surface area contributed by atoms with Gasteiger partial charge in [-0.1, -0.05) is 6.92 Å². The Morgan fingerprint density at radius 3 is 2.45 bits per heavy atom. The second-order valence-corrected chi connectivity index (χ2v) is 5.20. The fourth-order valence-corrected chi connectivity index (χ4v) is 2.37. The zero-order valence-corrected chi connectivity index (χ0v) is 12.1. The number of nitrogens with zero attached hydrogens (tertiary/aromatic N) is 1. The minimum atomic E-state index is -0.185. The molecular formula is C14H15N3O2S. The second kappa shape index (κ2) is 6.29. The smallest absolute Gasteiger partial charge is 0.267 e. The molecule has 1 aromatic carbocycles. The summed E-state index contributed by atoms with van der Waals surface area (Å²) in [6.07, 6.45) is 2.40. The summed E-state index contributed by atoms with van der Waals surface area (Å²) in [5, 5.41) is 6.26. The number of aryl methyl sites for hydroxylation is 1. The molecule has 104 valence electrons. The van der Waals surface area contributed by atoms with E-state index in [9.17, 15) is 9.59 Å². The summed E-state index contributed by atoms with van der Waals surface area (Å²) in [4.78, 5) is 28.1. The van der Waals surface area contributed by atoms with Crippen molar-refractivity contribution >= 4 is 28.8 Å². The maximum Gasteiger partial charge on any atom is 0.267 e. The highest BCUT2D eigenvalue weighted by molar-refractivity contribution is 7.13. The Kier molecular flexibility index (Phi) is 4.47. The van der Waals surface area contributed by atoms with E-state index >= 15 is 0 Å². The average molecular weight is 289 g/mol. The van der Waals surface area contributed by atoms with Crippen LogP contribution in [0.15, 0.2) is 30.5 Å². The van der Waals surface area contributed by atoms with Crippen molar-refractivity contribution in [2.45, 2.75) is 13.3 Å². The van der Waals surface area contributed by atoms with Gasteiger partial charge in [-0.2, -0.15) is 0 Å². The zero-order chi connectivity index (χ0) is 14.5. The number of thiazole rings is 1. The molecule has 0 aliphatic rings. The van der Waals surface area contributed by atoms with Gasteiger partial charge >= 0.3 is 0 Å². The number of carbonyl (C=O) groups excluding carboxylic acids is 2. The van der Waals surface area contributed by atoms with Crippen LogP contribution in [0.3, 0.4) is 0 Å². The number of benzene rings is 1. The van der Waals surface area contributed by atoms with Crippen molar-refractivity contribution in [1.82, 2.24) is 10.3 Å². The summed E-state index contributed by atoms with van der Waals surface area (Å²) in [5.41, 5.74) is 1.20. The Morgan fingerprint density at radius 1 is 1.20 bits per heavy atom. The van der Waals surface area contributed by atoms with E-state index in [1.54, 1.807) is 37.5 Å². The molecule has 0 radical (unpaired) electrons. The zero-order valence-electron chi connectivity index (χ0n) is 11.3. The van der Waals surface area contributed by atoms with Crippen molar-refractivity contribution < 1.29 is 9.59 Å². The van der Waals surface area contributed by atoms with Crippen LogP contribution < -0.4 is 10.6 Å². The van der Waals surface area contributed by atoms with Crippen LogP contribution in [-0.4, -0.2) is 23.8 Å². The molecule has 2 rings (SSSR count). The van der Waals surface area contributed by atoms with Crippen LogP contribution >= 0.6 is 11.3 Å². The molecule has 20 heavy (non-hydrogen) atoms. The predicted molar refractivity (Wildman–Crippen MR) is 79.3 cm³/mol. The van der Waals surface area contributed by atoms with Gasteiger partial charge in [0.1, 0.15) is 4.88 Å². The van der Waals surface area contributed by atoms with Crippen LogP contribution in [0.5, 0.6) is 0 Å². The first-order valence-electron chi connectivity index (χ1n) is 6.22. The lowest BCUT2D eigenvalue weighted by Gasteiger charge is -2.04. The quantitative estimate of drug-likeness (QED) is 0.907. The van der Waals surface area contributed by atoms with Crippen LogP contribution in [0.1, 0.15) is 32.0 Å². The molecule has 0 aliphatic carbocycles. The molecule has 0 aliphatic heterocycles. The molecule has 1 aromatic heterocycles. The fourth-order valence-electron chi connectivity index (χ4n) is 1.62. The number of hydrogen-bond acceptors (Lipinski definition) is 4. The lowest BCUT2D eigenvalue weighted by molar-refractivity contribution is 0.0962. The van der Waals surface area contributed by atoms with Crippen LogP contribution in [0, 0.1) is 0 Å². The van der Waals surface area contributed by atoms with Gasteiger partial charge in [-0.05, 0) is 30.7 Å². The van der Waals surface area contributed by atoms with Crippen molar-refractivity contribution in [1.29, 1.82) is 0 Å². The summed E-state index contributed by atoms with van der Waals surface area (Å²) >= 11 is 1.38. The first-order valence-corrected chi connectivity index (χ1v) is 7.04. The largest absolute Gasteiger partial charge is 0.355 e. The molecule has 0 unspecified atom stereocenters. The summed E-state index contributed by atoms with van der Waals surface area (Å²) < 4.78 is 0. The Labute approximate surface area is 121 Å². The van der Waals surface area contributed by atoms with Gasteiger partial charge in [0.2, 0.25) is 0 Å². The van der Waals surface area contributed by atoms with E-state index < -0.39 is 0 Å². The Balaban J connectivity index is 2.06. The Bertz CT molecular complexity index is 620. The first-order chi connectivity index (χ1) is 9.63. The minimum absolute atomic E-state index is 0.155.